The minimum absolute atomic E-state index is 0.134. The quantitative estimate of drug-likeness (QED) is 0.747. The molecule has 16 heavy (non-hydrogen) atoms. The van der Waals surface area contributed by atoms with E-state index in [0.717, 1.165) is 51.5 Å². The lowest BCUT2D eigenvalue weighted by atomic mass is 9.94. The van der Waals surface area contributed by atoms with Gasteiger partial charge in [0.15, 0.2) is 0 Å². The van der Waals surface area contributed by atoms with Crippen molar-refractivity contribution in [1.29, 1.82) is 0 Å². The summed E-state index contributed by atoms with van der Waals surface area (Å²) in [6, 6.07) is 0. The van der Waals surface area contributed by atoms with Crippen LogP contribution >= 0.6 is 0 Å². The standard InChI is InChI=1S/C12H22N2O2/c15-12(16)11-4-2-6-14(9-11)8-10-3-1-5-13-7-10/h10-11,13H,1-9H2,(H,15,16). The van der Waals surface area contributed by atoms with Crippen molar-refractivity contribution < 1.29 is 9.90 Å². The number of hydrogen-bond donors (Lipinski definition) is 2. The van der Waals surface area contributed by atoms with E-state index in [1.54, 1.807) is 0 Å². The Morgan fingerprint density at radius 1 is 1.38 bits per heavy atom. The predicted molar refractivity (Wildman–Crippen MR) is 62.4 cm³/mol. The van der Waals surface area contributed by atoms with E-state index >= 15 is 0 Å². The van der Waals surface area contributed by atoms with Gasteiger partial charge in [0, 0.05) is 13.1 Å². The molecule has 4 heteroatoms. The van der Waals surface area contributed by atoms with Crippen molar-refractivity contribution >= 4 is 5.97 Å². The molecular weight excluding hydrogens is 204 g/mol. The lowest BCUT2D eigenvalue weighted by Gasteiger charge is -2.34. The molecule has 92 valence electrons. The number of nitrogens with one attached hydrogen (secondary N) is 1. The summed E-state index contributed by atoms with van der Waals surface area (Å²) in [5.74, 6) is -0.0296. The number of aliphatic carboxylic acids is 1. The summed E-state index contributed by atoms with van der Waals surface area (Å²) >= 11 is 0. The van der Waals surface area contributed by atoms with E-state index in [2.05, 4.69) is 10.2 Å². The van der Waals surface area contributed by atoms with Gasteiger partial charge < -0.3 is 15.3 Å². The van der Waals surface area contributed by atoms with E-state index in [0.29, 0.717) is 0 Å². The average Bonchev–Trinajstić information content (AvgIpc) is 2.30. The van der Waals surface area contributed by atoms with Gasteiger partial charge in [-0.2, -0.15) is 0 Å². The zero-order valence-corrected chi connectivity index (χ0v) is 9.82. The third-order valence-electron chi connectivity index (χ3n) is 3.77. The van der Waals surface area contributed by atoms with Crippen LogP contribution in [0.5, 0.6) is 0 Å². The molecule has 0 aromatic rings. The Kier molecular flexibility index (Phi) is 4.18. The zero-order chi connectivity index (χ0) is 11.4. The Morgan fingerprint density at radius 2 is 2.25 bits per heavy atom. The molecule has 2 fully saturated rings. The van der Waals surface area contributed by atoms with Crippen molar-refractivity contribution in [2.75, 3.05) is 32.7 Å². The van der Waals surface area contributed by atoms with Crippen LogP contribution in [0.4, 0.5) is 0 Å². The normalized spacial score (nSPS) is 32.5. The maximum Gasteiger partial charge on any atom is 0.307 e. The summed E-state index contributed by atoms with van der Waals surface area (Å²) < 4.78 is 0. The number of hydrogen-bond acceptors (Lipinski definition) is 3. The summed E-state index contributed by atoms with van der Waals surface area (Å²) in [4.78, 5) is 13.3. The molecule has 2 unspecified atom stereocenters. The molecule has 0 aromatic carbocycles. The molecular formula is C12H22N2O2. The van der Waals surface area contributed by atoms with Gasteiger partial charge in [0.1, 0.15) is 0 Å². The van der Waals surface area contributed by atoms with Gasteiger partial charge in [-0.15, -0.1) is 0 Å². The Labute approximate surface area is 97.0 Å². The number of piperidine rings is 2. The highest BCUT2D eigenvalue weighted by molar-refractivity contribution is 5.70. The molecule has 0 saturated carbocycles. The monoisotopic (exact) mass is 226 g/mol. The second-order valence-corrected chi connectivity index (χ2v) is 5.15. The van der Waals surface area contributed by atoms with Gasteiger partial charge in [0.25, 0.3) is 0 Å². The van der Waals surface area contributed by atoms with Gasteiger partial charge in [0.05, 0.1) is 5.92 Å². The summed E-state index contributed by atoms with van der Waals surface area (Å²) in [6.07, 6.45) is 4.45. The first kappa shape index (κ1) is 11.9. The highest BCUT2D eigenvalue weighted by atomic mass is 16.4. The van der Waals surface area contributed by atoms with E-state index in [1.165, 1.54) is 12.8 Å². The summed E-state index contributed by atoms with van der Waals surface area (Å²) in [5.41, 5.74) is 0. The third-order valence-corrected chi connectivity index (χ3v) is 3.77. The molecule has 2 N–H and O–H groups in total. The Hall–Kier alpha value is -0.610. The molecule has 2 aliphatic rings. The van der Waals surface area contributed by atoms with Gasteiger partial charge in [-0.1, -0.05) is 0 Å². The van der Waals surface area contributed by atoms with Crippen LogP contribution < -0.4 is 5.32 Å². The zero-order valence-electron chi connectivity index (χ0n) is 9.82. The number of rotatable bonds is 3. The molecule has 2 rings (SSSR count). The molecule has 0 aliphatic carbocycles. The average molecular weight is 226 g/mol. The SMILES string of the molecule is O=C(O)C1CCCN(CC2CCCNC2)C1. The highest BCUT2D eigenvalue weighted by Crippen LogP contribution is 2.19. The van der Waals surface area contributed by atoms with Crippen LogP contribution in [0.3, 0.4) is 0 Å². The number of carboxylic acid groups (broad SMARTS) is 1. The fourth-order valence-corrected chi connectivity index (χ4v) is 2.87. The van der Waals surface area contributed by atoms with Gasteiger partial charge in [-0.05, 0) is 51.2 Å². The predicted octanol–water partition coefficient (Wildman–Crippen LogP) is 0.783. The number of carbonyl (C=O) groups is 1. The molecule has 0 aromatic heterocycles. The van der Waals surface area contributed by atoms with Crippen LogP contribution in [0.25, 0.3) is 0 Å². The molecule has 2 aliphatic heterocycles. The largest absolute Gasteiger partial charge is 0.481 e. The van der Waals surface area contributed by atoms with E-state index in [-0.39, 0.29) is 5.92 Å². The maximum atomic E-state index is 11.0. The fraction of sp³-hybridized carbons (Fsp3) is 0.917. The Balaban J connectivity index is 1.78. The lowest BCUT2D eigenvalue weighted by molar-refractivity contribution is -0.143. The van der Waals surface area contributed by atoms with Crippen molar-refractivity contribution in [3.63, 3.8) is 0 Å². The van der Waals surface area contributed by atoms with E-state index in [9.17, 15) is 4.79 Å². The van der Waals surface area contributed by atoms with Crippen LogP contribution in [0.2, 0.25) is 0 Å². The molecule has 2 saturated heterocycles. The maximum absolute atomic E-state index is 11.0. The third kappa shape index (κ3) is 3.19. The lowest BCUT2D eigenvalue weighted by Crippen LogP contribution is -2.44. The Morgan fingerprint density at radius 3 is 2.94 bits per heavy atom. The molecule has 2 heterocycles. The second kappa shape index (κ2) is 5.64. The molecule has 2 atom stereocenters. The summed E-state index contributed by atoms with van der Waals surface area (Å²) in [6.45, 7) is 5.17. The van der Waals surface area contributed by atoms with Gasteiger partial charge in [-0.25, -0.2) is 0 Å². The van der Waals surface area contributed by atoms with E-state index in [1.807, 2.05) is 0 Å². The fourth-order valence-electron chi connectivity index (χ4n) is 2.87. The van der Waals surface area contributed by atoms with Crippen molar-refractivity contribution in [3.8, 4) is 0 Å². The van der Waals surface area contributed by atoms with Crippen LogP contribution in [0, 0.1) is 11.8 Å². The van der Waals surface area contributed by atoms with Gasteiger partial charge in [-0.3, -0.25) is 4.79 Å². The van der Waals surface area contributed by atoms with Crippen LogP contribution in [0.15, 0.2) is 0 Å². The summed E-state index contributed by atoms with van der Waals surface area (Å²) in [7, 11) is 0. The van der Waals surface area contributed by atoms with E-state index in [4.69, 9.17) is 5.11 Å². The highest BCUT2D eigenvalue weighted by Gasteiger charge is 2.27. The van der Waals surface area contributed by atoms with Crippen molar-refractivity contribution in [2.24, 2.45) is 11.8 Å². The Bertz CT molecular complexity index is 239. The molecule has 0 radical (unpaired) electrons. The minimum Gasteiger partial charge on any atom is -0.481 e. The van der Waals surface area contributed by atoms with E-state index < -0.39 is 5.97 Å². The first-order chi connectivity index (χ1) is 7.75. The van der Waals surface area contributed by atoms with Crippen LogP contribution in [0.1, 0.15) is 25.7 Å². The molecule has 0 spiro atoms. The number of nitrogens with zero attached hydrogens (tertiary/aromatic N) is 1. The van der Waals surface area contributed by atoms with Crippen LogP contribution in [-0.2, 0) is 4.79 Å². The second-order valence-electron chi connectivity index (χ2n) is 5.15. The topological polar surface area (TPSA) is 52.6 Å². The first-order valence-electron chi connectivity index (χ1n) is 6.41. The van der Waals surface area contributed by atoms with Crippen molar-refractivity contribution in [2.45, 2.75) is 25.7 Å². The first-order valence-corrected chi connectivity index (χ1v) is 6.41. The summed E-state index contributed by atoms with van der Waals surface area (Å²) in [5, 5.41) is 12.4. The molecule has 0 amide bonds. The molecule has 0 bridgehead atoms. The number of likely N-dealkylation sites (tertiary alicyclic amines) is 1. The van der Waals surface area contributed by atoms with Gasteiger partial charge in [0.2, 0.25) is 0 Å². The number of carboxylic acids is 1. The van der Waals surface area contributed by atoms with Crippen LogP contribution in [-0.4, -0.2) is 48.7 Å². The molecule has 4 nitrogen and oxygen atoms in total. The van der Waals surface area contributed by atoms with Crippen molar-refractivity contribution in [3.05, 3.63) is 0 Å². The van der Waals surface area contributed by atoms with Crippen molar-refractivity contribution in [1.82, 2.24) is 10.2 Å². The smallest absolute Gasteiger partial charge is 0.307 e. The minimum atomic E-state index is -0.619. The van der Waals surface area contributed by atoms with Gasteiger partial charge >= 0.3 is 5.97 Å².